The van der Waals surface area contributed by atoms with Crippen LogP contribution < -0.4 is 9.47 Å². The third-order valence-electron chi connectivity index (χ3n) is 4.57. The van der Waals surface area contributed by atoms with E-state index in [2.05, 4.69) is 11.8 Å². The zero-order chi connectivity index (χ0) is 13.7. The highest BCUT2D eigenvalue weighted by atomic mass is 16.7. The molecule has 1 aromatic carbocycles. The fourth-order valence-electron chi connectivity index (χ4n) is 3.47. The molecule has 20 heavy (non-hydrogen) atoms. The molecule has 3 fully saturated rings. The van der Waals surface area contributed by atoms with Crippen LogP contribution in [0.5, 0.6) is 11.5 Å². The van der Waals surface area contributed by atoms with Crippen molar-refractivity contribution in [2.45, 2.75) is 25.4 Å². The SMILES string of the molecule is CCN1CC2CC(C1)N2C(=O)c1ccc2c(c1)OCO2. The Morgan fingerprint density at radius 1 is 1.25 bits per heavy atom. The predicted molar refractivity (Wildman–Crippen MR) is 73.0 cm³/mol. The quantitative estimate of drug-likeness (QED) is 0.816. The number of likely N-dealkylation sites (N-methyl/N-ethyl adjacent to an activating group) is 1. The first-order valence-corrected chi connectivity index (χ1v) is 7.21. The van der Waals surface area contributed by atoms with Gasteiger partial charge in [0.15, 0.2) is 11.5 Å². The standard InChI is InChI=1S/C15H18N2O3/c1-2-16-7-11-6-12(8-16)17(11)15(18)10-3-4-13-14(5-10)20-9-19-13/h3-5,11-12H,2,6-9H2,1H3. The molecule has 5 nitrogen and oxygen atoms in total. The highest BCUT2D eigenvalue weighted by molar-refractivity contribution is 5.96. The maximum Gasteiger partial charge on any atom is 0.254 e. The molecule has 1 aromatic rings. The minimum Gasteiger partial charge on any atom is -0.454 e. The fraction of sp³-hybridized carbons (Fsp3) is 0.533. The van der Waals surface area contributed by atoms with Gasteiger partial charge in [-0.1, -0.05) is 6.92 Å². The van der Waals surface area contributed by atoms with E-state index >= 15 is 0 Å². The van der Waals surface area contributed by atoms with Gasteiger partial charge in [-0.05, 0) is 31.2 Å². The minimum atomic E-state index is 0.125. The number of ether oxygens (including phenoxy) is 2. The Bertz CT molecular complexity index is 548. The van der Waals surface area contributed by atoms with Gasteiger partial charge in [-0.15, -0.1) is 0 Å². The zero-order valence-electron chi connectivity index (χ0n) is 11.5. The first kappa shape index (κ1) is 12.0. The number of hydrogen-bond donors (Lipinski definition) is 0. The summed E-state index contributed by atoms with van der Waals surface area (Å²) in [6.07, 6.45) is 1.15. The van der Waals surface area contributed by atoms with Crippen LogP contribution in [0.4, 0.5) is 0 Å². The second-order valence-electron chi connectivity index (χ2n) is 5.68. The molecule has 5 rings (SSSR count). The van der Waals surface area contributed by atoms with Crippen molar-refractivity contribution in [3.8, 4) is 11.5 Å². The van der Waals surface area contributed by atoms with E-state index in [9.17, 15) is 4.79 Å². The summed E-state index contributed by atoms with van der Waals surface area (Å²) in [4.78, 5) is 17.1. The molecular formula is C15H18N2O3. The number of piperazine rings is 1. The van der Waals surface area contributed by atoms with Gasteiger partial charge in [0.05, 0.1) is 0 Å². The first-order valence-electron chi connectivity index (χ1n) is 7.21. The number of fused-ring (bicyclic) bond motifs is 3. The van der Waals surface area contributed by atoms with Crippen molar-refractivity contribution < 1.29 is 14.3 Å². The molecule has 3 saturated heterocycles. The summed E-state index contributed by atoms with van der Waals surface area (Å²) in [5.41, 5.74) is 0.703. The molecule has 0 aromatic heterocycles. The van der Waals surface area contributed by atoms with Crippen LogP contribution in [0.1, 0.15) is 23.7 Å². The molecule has 5 heteroatoms. The molecule has 0 aliphatic carbocycles. The molecule has 2 atom stereocenters. The average Bonchev–Trinajstić information content (AvgIpc) is 2.94. The number of rotatable bonds is 2. The average molecular weight is 274 g/mol. The largest absolute Gasteiger partial charge is 0.454 e. The number of amides is 1. The first-order chi connectivity index (χ1) is 9.76. The monoisotopic (exact) mass is 274 g/mol. The van der Waals surface area contributed by atoms with E-state index in [1.165, 1.54) is 0 Å². The third-order valence-corrected chi connectivity index (χ3v) is 4.57. The number of carbonyl (C=O) groups excluding carboxylic acids is 1. The molecule has 0 radical (unpaired) electrons. The number of hydrogen-bond acceptors (Lipinski definition) is 4. The fourth-order valence-corrected chi connectivity index (χ4v) is 3.47. The van der Waals surface area contributed by atoms with Gasteiger partial charge in [-0.25, -0.2) is 0 Å². The summed E-state index contributed by atoms with van der Waals surface area (Å²) in [5, 5.41) is 0. The molecule has 106 valence electrons. The van der Waals surface area contributed by atoms with Gasteiger partial charge in [-0.3, -0.25) is 9.69 Å². The lowest BCUT2D eigenvalue weighted by atomic mass is 9.86. The maximum atomic E-state index is 12.6. The lowest BCUT2D eigenvalue weighted by Crippen LogP contribution is -2.70. The summed E-state index contributed by atoms with van der Waals surface area (Å²) in [6.45, 7) is 5.49. The molecule has 2 bridgehead atoms. The van der Waals surface area contributed by atoms with Crippen LogP contribution in [-0.4, -0.2) is 54.2 Å². The number of carbonyl (C=O) groups is 1. The van der Waals surface area contributed by atoms with Gasteiger partial charge in [0, 0.05) is 30.7 Å². The van der Waals surface area contributed by atoms with Gasteiger partial charge in [0.1, 0.15) is 0 Å². The maximum absolute atomic E-state index is 12.6. The van der Waals surface area contributed by atoms with Crippen LogP contribution >= 0.6 is 0 Å². The van der Waals surface area contributed by atoms with Crippen LogP contribution in [0.3, 0.4) is 0 Å². The van der Waals surface area contributed by atoms with Crippen molar-refractivity contribution in [3.63, 3.8) is 0 Å². The highest BCUT2D eigenvalue weighted by Gasteiger charge is 2.46. The molecule has 2 unspecified atom stereocenters. The van der Waals surface area contributed by atoms with Crippen LogP contribution in [0.25, 0.3) is 0 Å². The number of nitrogens with zero attached hydrogens (tertiary/aromatic N) is 2. The van der Waals surface area contributed by atoms with Crippen molar-refractivity contribution in [3.05, 3.63) is 23.8 Å². The summed E-state index contributed by atoms with van der Waals surface area (Å²) < 4.78 is 10.6. The summed E-state index contributed by atoms with van der Waals surface area (Å²) in [7, 11) is 0. The number of benzene rings is 1. The molecule has 4 aliphatic rings. The highest BCUT2D eigenvalue weighted by Crippen LogP contribution is 2.36. The second-order valence-corrected chi connectivity index (χ2v) is 5.68. The Balaban J connectivity index is 1.54. The van der Waals surface area contributed by atoms with Crippen molar-refractivity contribution in [1.82, 2.24) is 9.80 Å². The van der Waals surface area contributed by atoms with E-state index < -0.39 is 0 Å². The summed E-state index contributed by atoms with van der Waals surface area (Å²) in [6, 6.07) is 6.22. The van der Waals surface area contributed by atoms with Crippen LogP contribution in [0.15, 0.2) is 18.2 Å². The normalized spacial score (nSPS) is 27.4. The van der Waals surface area contributed by atoms with E-state index in [1.54, 1.807) is 6.07 Å². The Hall–Kier alpha value is -1.75. The minimum absolute atomic E-state index is 0.125. The topological polar surface area (TPSA) is 42.0 Å². The lowest BCUT2D eigenvalue weighted by Gasteiger charge is -2.56. The third kappa shape index (κ3) is 1.69. The van der Waals surface area contributed by atoms with E-state index in [4.69, 9.17) is 9.47 Å². The van der Waals surface area contributed by atoms with Gasteiger partial charge in [0.2, 0.25) is 6.79 Å². The van der Waals surface area contributed by atoms with E-state index in [-0.39, 0.29) is 12.7 Å². The molecule has 0 N–H and O–H groups in total. The van der Waals surface area contributed by atoms with Gasteiger partial charge in [-0.2, -0.15) is 0 Å². The van der Waals surface area contributed by atoms with Crippen LogP contribution in [-0.2, 0) is 0 Å². The zero-order valence-corrected chi connectivity index (χ0v) is 11.5. The van der Waals surface area contributed by atoms with Crippen molar-refractivity contribution in [2.75, 3.05) is 26.4 Å². The Kier molecular flexibility index (Phi) is 2.63. The summed E-state index contributed by atoms with van der Waals surface area (Å²) in [5.74, 6) is 1.53. The molecule has 4 heterocycles. The van der Waals surface area contributed by atoms with Crippen LogP contribution in [0.2, 0.25) is 0 Å². The number of piperidine rings is 1. The Labute approximate surface area is 118 Å². The van der Waals surface area contributed by atoms with E-state index in [1.807, 2.05) is 17.0 Å². The lowest BCUT2D eigenvalue weighted by molar-refractivity contribution is -0.0459. The molecular weight excluding hydrogens is 256 g/mol. The Morgan fingerprint density at radius 3 is 2.75 bits per heavy atom. The van der Waals surface area contributed by atoms with Crippen molar-refractivity contribution in [1.29, 1.82) is 0 Å². The van der Waals surface area contributed by atoms with Crippen LogP contribution in [0, 0.1) is 0 Å². The molecule has 4 aliphatic heterocycles. The smallest absolute Gasteiger partial charge is 0.254 e. The van der Waals surface area contributed by atoms with E-state index in [0.29, 0.717) is 23.4 Å². The van der Waals surface area contributed by atoms with Gasteiger partial charge < -0.3 is 14.4 Å². The van der Waals surface area contributed by atoms with Gasteiger partial charge in [0.25, 0.3) is 5.91 Å². The molecule has 0 saturated carbocycles. The Morgan fingerprint density at radius 2 is 2.00 bits per heavy atom. The van der Waals surface area contributed by atoms with Gasteiger partial charge >= 0.3 is 0 Å². The van der Waals surface area contributed by atoms with E-state index in [0.717, 1.165) is 31.8 Å². The predicted octanol–water partition coefficient (Wildman–Crippen LogP) is 1.33. The molecule has 0 spiro atoms. The summed E-state index contributed by atoms with van der Waals surface area (Å²) >= 11 is 0. The van der Waals surface area contributed by atoms with Crippen molar-refractivity contribution in [2.24, 2.45) is 0 Å². The second kappa shape index (κ2) is 4.38. The molecule has 1 amide bonds. The van der Waals surface area contributed by atoms with Crippen molar-refractivity contribution >= 4 is 5.91 Å².